The first-order valence-corrected chi connectivity index (χ1v) is 30.8. The van der Waals surface area contributed by atoms with Crippen LogP contribution in [0.3, 0.4) is 0 Å². The largest absolute Gasteiger partial charge is 0.388 e. The molecule has 0 spiro atoms. The highest BCUT2D eigenvalue weighted by molar-refractivity contribution is 5.79. The number of carbonyl (C=O) groups is 6. The van der Waals surface area contributed by atoms with E-state index in [1.54, 1.807) is 13.8 Å². The van der Waals surface area contributed by atoms with Gasteiger partial charge in [0.05, 0.1) is 111 Å². The van der Waals surface area contributed by atoms with E-state index in [-0.39, 0.29) is 66.7 Å². The van der Waals surface area contributed by atoms with Gasteiger partial charge in [0.15, 0.2) is 12.6 Å². The van der Waals surface area contributed by atoms with Crippen molar-refractivity contribution in [1.82, 2.24) is 21.3 Å². The zero-order valence-corrected chi connectivity index (χ0v) is 51.9. The lowest BCUT2D eigenvalue weighted by Crippen LogP contribution is -2.63. The molecule has 2 rings (SSSR count). The fourth-order valence-electron chi connectivity index (χ4n) is 8.86. The molecule has 2 fully saturated rings. The predicted molar refractivity (Wildman–Crippen MR) is 310 cm³/mol. The second-order valence-electron chi connectivity index (χ2n) is 22.3. The zero-order chi connectivity index (χ0) is 62.5. The van der Waals surface area contributed by atoms with E-state index >= 15 is 0 Å². The van der Waals surface area contributed by atoms with E-state index in [0.29, 0.717) is 151 Å². The third kappa shape index (κ3) is 39.3. The van der Waals surface area contributed by atoms with Crippen LogP contribution in [-0.4, -0.2) is 249 Å². The van der Waals surface area contributed by atoms with E-state index < -0.39 is 61.3 Å². The molecule has 26 nitrogen and oxygen atoms in total. The molecule has 0 aromatic rings. The Morgan fingerprint density at radius 3 is 1.24 bits per heavy atom. The molecule has 496 valence electrons. The normalized spacial score (nSPS) is 22.5. The van der Waals surface area contributed by atoms with Crippen LogP contribution >= 0.6 is 0 Å². The van der Waals surface area contributed by atoms with Crippen molar-refractivity contribution in [3.63, 3.8) is 0 Å². The summed E-state index contributed by atoms with van der Waals surface area (Å²) in [7, 11) is 0. The molecule has 2 saturated heterocycles. The molecule has 0 aromatic heterocycles. The molecule has 2 heterocycles. The van der Waals surface area contributed by atoms with Gasteiger partial charge < -0.3 is 98.5 Å². The quantitative estimate of drug-likeness (QED) is 0.0402. The Balaban J connectivity index is 1.27. The van der Waals surface area contributed by atoms with Crippen molar-refractivity contribution in [3.05, 3.63) is 0 Å². The number of amides is 4. The third-order valence-electron chi connectivity index (χ3n) is 13.8. The fraction of sp³-hybridized carbons (Fsp3) is 0.898. The van der Waals surface area contributed by atoms with E-state index in [4.69, 9.17) is 56.8 Å². The lowest BCUT2D eigenvalue weighted by molar-refractivity contribution is -0.260. The summed E-state index contributed by atoms with van der Waals surface area (Å²) in [6.45, 7) is 17.4. The van der Waals surface area contributed by atoms with Gasteiger partial charge in [0, 0.05) is 90.7 Å². The van der Waals surface area contributed by atoms with E-state index in [0.717, 1.165) is 57.8 Å². The number of ketones is 2. The molecule has 0 radical (unpaired) electrons. The minimum Gasteiger partial charge on any atom is -0.388 e. The number of aliphatic hydroxyl groups excluding tert-OH is 4. The number of hydrogen-bond donors (Lipinski definition) is 8. The molecule has 85 heavy (non-hydrogen) atoms. The summed E-state index contributed by atoms with van der Waals surface area (Å²) in [6, 6.07) is -1.71. The molecule has 0 saturated carbocycles. The number of nitrogens with one attached hydrogen (secondary N) is 4. The smallest absolute Gasteiger partial charge is 0.222 e. The maximum Gasteiger partial charge on any atom is 0.222 e. The molecule has 0 aromatic carbocycles. The summed E-state index contributed by atoms with van der Waals surface area (Å²) < 4.78 is 67.5. The summed E-state index contributed by atoms with van der Waals surface area (Å²) >= 11 is 0. The van der Waals surface area contributed by atoms with Gasteiger partial charge in [-0.25, -0.2) is 0 Å². The number of rotatable bonds is 54. The van der Waals surface area contributed by atoms with Gasteiger partial charge in [-0.05, 0) is 46.0 Å². The molecule has 26 heteroatoms. The van der Waals surface area contributed by atoms with Crippen molar-refractivity contribution in [2.45, 2.75) is 206 Å². The van der Waals surface area contributed by atoms with E-state index in [9.17, 15) is 49.2 Å². The Labute approximate surface area is 504 Å². The van der Waals surface area contributed by atoms with Crippen LogP contribution in [0.4, 0.5) is 0 Å². The van der Waals surface area contributed by atoms with Gasteiger partial charge in [-0.1, -0.05) is 46.0 Å². The third-order valence-corrected chi connectivity index (χ3v) is 13.8. The standard InChI is InChI=1S/C59H108N4O22/c1-43-53(70)55(72)51(62-45(3)64)57(84-43)82-26-14-10-7-8-12-17-47(66)19-28-75-34-38-79-40-36-77-32-24-61-50(69)22-31-81-42-59(5,6)41-80-29-20-48(67)18-16-25-74-33-37-78-39-35-76-30-21-49(68)60-23-13-9-11-15-27-83-58-52(63-46(4)65)56(73)54(71)44(2)85-58/h43-44,51-58,70-73H,7-42H2,1-6H3,(H,60,68)(H,61,69)(H,62,64)(H,63,65). The van der Waals surface area contributed by atoms with Gasteiger partial charge in [0.25, 0.3) is 0 Å². The number of aliphatic hydroxyl groups is 4. The molecule has 10 atom stereocenters. The van der Waals surface area contributed by atoms with Crippen molar-refractivity contribution >= 4 is 35.2 Å². The van der Waals surface area contributed by atoms with Crippen LogP contribution in [0.1, 0.15) is 144 Å². The predicted octanol–water partition coefficient (Wildman–Crippen LogP) is 1.73. The molecule has 10 unspecified atom stereocenters. The number of unbranched alkanes of at least 4 members (excludes halogenated alkanes) is 7. The first-order chi connectivity index (χ1) is 40.8. The second-order valence-corrected chi connectivity index (χ2v) is 22.3. The Morgan fingerprint density at radius 2 is 0.753 bits per heavy atom. The molecule has 8 N–H and O–H groups in total. The topological polar surface area (TPSA) is 342 Å². The minimum absolute atomic E-state index is 0.0852. The van der Waals surface area contributed by atoms with Crippen LogP contribution < -0.4 is 21.3 Å². The van der Waals surface area contributed by atoms with E-state index in [1.165, 1.54) is 13.8 Å². The maximum atomic E-state index is 12.3. The molecule has 4 amide bonds. The van der Waals surface area contributed by atoms with Crippen LogP contribution in [0.5, 0.6) is 0 Å². The molecular formula is C59H108N4O22. The van der Waals surface area contributed by atoms with Crippen LogP contribution in [0.2, 0.25) is 0 Å². The first-order valence-electron chi connectivity index (χ1n) is 30.8. The average Bonchev–Trinajstić information content (AvgIpc) is 3.41. The fourth-order valence-corrected chi connectivity index (χ4v) is 8.86. The van der Waals surface area contributed by atoms with Crippen molar-refractivity contribution in [2.75, 3.05) is 132 Å². The highest BCUT2D eigenvalue weighted by Crippen LogP contribution is 2.24. The van der Waals surface area contributed by atoms with Crippen molar-refractivity contribution in [3.8, 4) is 0 Å². The van der Waals surface area contributed by atoms with Crippen LogP contribution in [0.25, 0.3) is 0 Å². The summed E-state index contributed by atoms with van der Waals surface area (Å²) in [6.07, 6.45) is 2.64. The lowest BCUT2D eigenvalue weighted by atomic mass is 9.96. The summed E-state index contributed by atoms with van der Waals surface area (Å²) in [4.78, 5) is 72.0. The van der Waals surface area contributed by atoms with Gasteiger partial charge >= 0.3 is 0 Å². The molecule has 0 aliphatic carbocycles. The second kappa shape index (κ2) is 48.5. The van der Waals surface area contributed by atoms with Gasteiger partial charge in [-0.3, -0.25) is 28.8 Å². The Kier molecular flexibility index (Phi) is 44.3. The first kappa shape index (κ1) is 77.7. The highest BCUT2D eigenvalue weighted by atomic mass is 16.7. The van der Waals surface area contributed by atoms with Crippen LogP contribution in [0.15, 0.2) is 0 Å². The van der Waals surface area contributed by atoms with E-state index in [1.807, 2.05) is 13.8 Å². The van der Waals surface area contributed by atoms with Gasteiger partial charge in [-0.15, -0.1) is 0 Å². The van der Waals surface area contributed by atoms with Crippen LogP contribution in [-0.2, 0) is 85.6 Å². The molecule has 2 aliphatic rings. The molecule has 0 bridgehead atoms. The van der Waals surface area contributed by atoms with Crippen molar-refractivity contribution in [1.29, 1.82) is 0 Å². The average molecular weight is 1230 g/mol. The SMILES string of the molecule is CC(=O)NC1C(OCCCCCCCC(=O)CCOCCOCCOCCNC(=O)CCOCC(C)(C)COCCC(=O)CCCOCCOCCOCCC(=O)NCCCCCCOC2OC(C)C(O)C(O)C2NC(C)=O)OC(C)C(O)C1O. The molecule has 2 aliphatic heterocycles. The maximum absolute atomic E-state index is 12.3. The summed E-state index contributed by atoms with van der Waals surface area (Å²) in [5.74, 6) is -0.669. The Morgan fingerprint density at radius 1 is 0.388 bits per heavy atom. The number of ether oxygens (including phenoxy) is 12. The van der Waals surface area contributed by atoms with Gasteiger partial charge in [0.1, 0.15) is 48.1 Å². The number of carbonyl (C=O) groups excluding carboxylic acids is 6. The Bertz CT molecular complexity index is 1670. The van der Waals surface area contributed by atoms with Crippen molar-refractivity contribution in [2.24, 2.45) is 5.41 Å². The highest BCUT2D eigenvalue weighted by Gasteiger charge is 2.45. The Hall–Kier alpha value is -3.42. The summed E-state index contributed by atoms with van der Waals surface area (Å²) in [5, 5.41) is 51.7. The van der Waals surface area contributed by atoms with Gasteiger partial charge in [-0.2, -0.15) is 0 Å². The lowest BCUT2D eigenvalue weighted by Gasteiger charge is -2.41. The minimum atomic E-state index is -1.20. The number of hydrogen-bond acceptors (Lipinski definition) is 22. The number of Topliss-reactive ketones (excluding diaryl/α,β-unsaturated/α-hetero) is 2. The zero-order valence-electron chi connectivity index (χ0n) is 51.9. The van der Waals surface area contributed by atoms with Crippen LogP contribution in [0, 0.1) is 5.41 Å². The summed E-state index contributed by atoms with van der Waals surface area (Å²) in [5.41, 5.74) is -0.298. The monoisotopic (exact) mass is 1220 g/mol. The van der Waals surface area contributed by atoms with E-state index in [2.05, 4.69) is 21.3 Å². The van der Waals surface area contributed by atoms with Crippen molar-refractivity contribution < 1.29 is 106 Å². The molecular weight excluding hydrogens is 1120 g/mol. The van der Waals surface area contributed by atoms with Gasteiger partial charge in [0.2, 0.25) is 23.6 Å².